The van der Waals surface area contributed by atoms with Crippen molar-refractivity contribution in [1.29, 1.82) is 5.26 Å². The van der Waals surface area contributed by atoms with Crippen LogP contribution in [0.15, 0.2) is 10.9 Å². The molecule has 0 unspecified atom stereocenters. The molecule has 0 N–H and O–H groups in total. The summed E-state index contributed by atoms with van der Waals surface area (Å²) in [5.74, 6) is 0.587. The van der Waals surface area contributed by atoms with Crippen molar-refractivity contribution in [1.82, 2.24) is 9.55 Å². The highest BCUT2D eigenvalue weighted by Crippen LogP contribution is 2.12. The molecule has 0 atom stereocenters. The van der Waals surface area contributed by atoms with Crippen LogP contribution in [0.5, 0.6) is 0 Å². The highest BCUT2D eigenvalue weighted by atomic mass is 16.5. The summed E-state index contributed by atoms with van der Waals surface area (Å²) in [5.41, 5.74) is 0.598. The van der Waals surface area contributed by atoms with Crippen LogP contribution in [0.3, 0.4) is 0 Å². The predicted octanol–water partition coefficient (Wildman–Crippen LogP) is 0.166. The van der Waals surface area contributed by atoms with Crippen molar-refractivity contribution in [3.8, 4) is 6.07 Å². The third-order valence-electron chi connectivity index (χ3n) is 2.93. The summed E-state index contributed by atoms with van der Waals surface area (Å²) in [6.45, 7) is 4.63. The first-order valence-corrected chi connectivity index (χ1v) is 6.06. The van der Waals surface area contributed by atoms with Gasteiger partial charge < -0.3 is 9.64 Å². The Morgan fingerprint density at radius 1 is 1.50 bits per heavy atom. The Bertz CT molecular complexity index is 512. The van der Waals surface area contributed by atoms with E-state index in [1.54, 1.807) is 0 Å². The summed E-state index contributed by atoms with van der Waals surface area (Å²) in [4.78, 5) is 18.4. The first-order chi connectivity index (χ1) is 8.76. The molecule has 0 radical (unpaired) electrons. The molecule has 6 nitrogen and oxygen atoms in total. The van der Waals surface area contributed by atoms with Crippen LogP contribution in [0.25, 0.3) is 0 Å². The molecule has 0 saturated carbocycles. The van der Waals surface area contributed by atoms with Gasteiger partial charge in [0.25, 0.3) is 5.56 Å². The maximum atomic E-state index is 12.0. The van der Waals surface area contributed by atoms with Gasteiger partial charge >= 0.3 is 0 Å². The van der Waals surface area contributed by atoms with Gasteiger partial charge in [-0.3, -0.25) is 9.36 Å². The molecular weight excluding hydrogens is 232 g/mol. The highest BCUT2D eigenvalue weighted by Gasteiger charge is 2.17. The van der Waals surface area contributed by atoms with Crippen LogP contribution in [0, 0.1) is 11.3 Å². The van der Waals surface area contributed by atoms with E-state index in [4.69, 9.17) is 10.00 Å². The lowest BCUT2D eigenvalue weighted by Gasteiger charge is -2.29. The van der Waals surface area contributed by atoms with E-state index in [1.807, 2.05) is 17.9 Å². The summed E-state index contributed by atoms with van der Waals surface area (Å²) in [6.07, 6.45) is 0.708. The molecule has 18 heavy (non-hydrogen) atoms. The Kier molecular flexibility index (Phi) is 3.95. The number of morpholine rings is 1. The van der Waals surface area contributed by atoms with Crippen molar-refractivity contribution in [2.45, 2.75) is 19.9 Å². The van der Waals surface area contributed by atoms with Crippen LogP contribution in [0.1, 0.15) is 12.6 Å². The Labute approximate surface area is 105 Å². The quantitative estimate of drug-likeness (QED) is 0.762. The standard InChI is InChI=1S/C12H16N4O2/c1-2-10-9-11(17)16(4-3-13)12(14-10)15-5-7-18-8-6-15/h9H,2,4-8H2,1H3. The fourth-order valence-electron chi connectivity index (χ4n) is 1.95. The maximum absolute atomic E-state index is 12.0. The van der Waals surface area contributed by atoms with E-state index in [9.17, 15) is 4.79 Å². The fraction of sp³-hybridized carbons (Fsp3) is 0.583. The monoisotopic (exact) mass is 248 g/mol. The molecule has 1 saturated heterocycles. The first kappa shape index (κ1) is 12.6. The van der Waals surface area contributed by atoms with Gasteiger partial charge in [0, 0.05) is 24.8 Å². The molecule has 0 spiro atoms. The predicted molar refractivity (Wildman–Crippen MR) is 66.5 cm³/mol. The summed E-state index contributed by atoms with van der Waals surface area (Å²) in [7, 11) is 0. The van der Waals surface area contributed by atoms with Crippen LogP contribution < -0.4 is 10.5 Å². The van der Waals surface area contributed by atoms with E-state index in [-0.39, 0.29) is 12.1 Å². The van der Waals surface area contributed by atoms with Gasteiger partial charge in [-0.1, -0.05) is 6.92 Å². The van der Waals surface area contributed by atoms with E-state index >= 15 is 0 Å². The van der Waals surface area contributed by atoms with Crippen molar-refractivity contribution in [2.24, 2.45) is 0 Å². The molecule has 1 fully saturated rings. The summed E-state index contributed by atoms with van der Waals surface area (Å²) in [5, 5.41) is 8.81. The van der Waals surface area contributed by atoms with E-state index in [0.29, 0.717) is 38.7 Å². The fourth-order valence-corrected chi connectivity index (χ4v) is 1.95. The number of nitriles is 1. The topological polar surface area (TPSA) is 71.2 Å². The summed E-state index contributed by atoms with van der Waals surface area (Å²) < 4.78 is 6.71. The molecule has 0 aliphatic carbocycles. The second-order valence-corrected chi connectivity index (χ2v) is 4.08. The zero-order chi connectivity index (χ0) is 13.0. The van der Waals surface area contributed by atoms with E-state index in [2.05, 4.69) is 4.98 Å². The number of rotatable bonds is 3. The van der Waals surface area contributed by atoms with Crippen LogP contribution in [-0.4, -0.2) is 35.9 Å². The van der Waals surface area contributed by atoms with Gasteiger partial charge in [0.15, 0.2) is 0 Å². The molecule has 1 aliphatic heterocycles. The number of ether oxygens (including phenoxy) is 1. The molecule has 2 heterocycles. The minimum atomic E-state index is -0.162. The average Bonchev–Trinajstić information content (AvgIpc) is 2.42. The van der Waals surface area contributed by atoms with Crippen molar-refractivity contribution in [3.05, 3.63) is 22.1 Å². The number of anilines is 1. The number of hydrogen-bond acceptors (Lipinski definition) is 5. The Morgan fingerprint density at radius 3 is 2.83 bits per heavy atom. The van der Waals surface area contributed by atoms with Crippen molar-refractivity contribution in [2.75, 3.05) is 31.2 Å². The van der Waals surface area contributed by atoms with Gasteiger partial charge in [0.05, 0.1) is 19.3 Å². The minimum absolute atomic E-state index is 0.0303. The van der Waals surface area contributed by atoms with Crippen LogP contribution in [0.4, 0.5) is 5.95 Å². The van der Waals surface area contributed by atoms with E-state index < -0.39 is 0 Å². The third kappa shape index (κ3) is 2.51. The average molecular weight is 248 g/mol. The van der Waals surface area contributed by atoms with Gasteiger partial charge in [-0.15, -0.1) is 0 Å². The molecule has 0 bridgehead atoms. The number of aryl methyl sites for hydroxylation is 1. The van der Waals surface area contributed by atoms with Gasteiger partial charge in [0.1, 0.15) is 6.54 Å². The van der Waals surface area contributed by atoms with E-state index in [1.165, 1.54) is 10.6 Å². The van der Waals surface area contributed by atoms with Crippen molar-refractivity contribution < 1.29 is 4.74 Å². The van der Waals surface area contributed by atoms with Gasteiger partial charge in [-0.05, 0) is 6.42 Å². The Hall–Kier alpha value is -1.87. The molecule has 2 rings (SSSR count). The number of aromatic nitrogens is 2. The summed E-state index contributed by atoms with van der Waals surface area (Å²) in [6, 6.07) is 3.51. The molecule has 1 aliphatic rings. The lowest BCUT2D eigenvalue weighted by atomic mass is 10.3. The van der Waals surface area contributed by atoms with Crippen molar-refractivity contribution >= 4 is 5.95 Å². The highest BCUT2D eigenvalue weighted by molar-refractivity contribution is 5.33. The first-order valence-electron chi connectivity index (χ1n) is 6.06. The molecule has 0 aromatic carbocycles. The van der Waals surface area contributed by atoms with Gasteiger partial charge in [-0.2, -0.15) is 5.26 Å². The van der Waals surface area contributed by atoms with E-state index in [0.717, 1.165) is 5.69 Å². The molecule has 1 aromatic rings. The SMILES string of the molecule is CCc1cc(=O)n(CC#N)c(N2CCOCC2)n1. The molecular formula is C12H16N4O2. The van der Waals surface area contributed by atoms with Crippen molar-refractivity contribution in [3.63, 3.8) is 0 Å². The Balaban J connectivity index is 2.44. The zero-order valence-electron chi connectivity index (χ0n) is 10.4. The Morgan fingerprint density at radius 2 is 2.22 bits per heavy atom. The number of nitrogens with zero attached hydrogens (tertiary/aromatic N) is 4. The van der Waals surface area contributed by atoms with Gasteiger partial charge in [-0.25, -0.2) is 4.98 Å². The van der Waals surface area contributed by atoms with Crippen LogP contribution >= 0.6 is 0 Å². The lowest BCUT2D eigenvalue weighted by molar-refractivity contribution is 0.121. The minimum Gasteiger partial charge on any atom is -0.378 e. The molecule has 1 aromatic heterocycles. The number of hydrogen-bond donors (Lipinski definition) is 0. The lowest BCUT2D eigenvalue weighted by Crippen LogP contribution is -2.40. The van der Waals surface area contributed by atoms with Crippen LogP contribution in [-0.2, 0) is 17.7 Å². The second-order valence-electron chi connectivity index (χ2n) is 4.08. The van der Waals surface area contributed by atoms with Crippen LogP contribution in [0.2, 0.25) is 0 Å². The maximum Gasteiger partial charge on any atom is 0.256 e. The smallest absolute Gasteiger partial charge is 0.256 e. The van der Waals surface area contributed by atoms with Gasteiger partial charge in [0.2, 0.25) is 5.95 Å². The normalized spacial score (nSPS) is 15.4. The summed E-state index contributed by atoms with van der Waals surface area (Å²) >= 11 is 0. The third-order valence-corrected chi connectivity index (χ3v) is 2.93. The second kappa shape index (κ2) is 5.65. The zero-order valence-corrected chi connectivity index (χ0v) is 10.4. The molecule has 0 amide bonds. The molecule has 96 valence electrons. The largest absolute Gasteiger partial charge is 0.378 e. The molecule has 6 heteroatoms.